The second kappa shape index (κ2) is 6.43. The number of halogens is 1. The van der Waals surface area contributed by atoms with Crippen molar-refractivity contribution in [3.05, 3.63) is 78.3 Å². The minimum atomic E-state index is -0.104. The Bertz CT molecular complexity index is 798. The number of imidazole rings is 1. The van der Waals surface area contributed by atoms with E-state index in [4.69, 9.17) is 0 Å². The lowest BCUT2D eigenvalue weighted by Crippen LogP contribution is -2.20. The Morgan fingerprint density at radius 2 is 2.08 bits per heavy atom. The van der Waals surface area contributed by atoms with Crippen LogP contribution in [0.5, 0.6) is 0 Å². The van der Waals surface area contributed by atoms with Gasteiger partial charge in [-0.15, -0.1) is 0 Å². The Hall–Kier alpha value is -2.69. The summed E-state index contributed by atoms with van der Waals surface area (Å²) in [7, 11) is 0. The van der Waals surface area contributed by atoms with Crippen molar-refractivity contribution in [1.29, 1.82) is 0 Å². The molecule has 24 heavy (non-hydrogen) atoms. The molecule has 122 valence electrons. The maximum Gasteiger partial charge on any atom is 0.128 e. The monoisotopic (exact) mass is 322 g/mol. The van der Waals surface area contributed by atoms with Gasteiger partial charge in [0.25, 0.3) is 0 Å². The molecule has 1 aliphatic heterocycles. The van der Waals surface area contributed by atoms with Gasteiger partial charge in [-0.05, 0) is 29.7 Å². The molecule has 0 spiro atoms. The molecular formula is C19H19FN4. The quantitative estimate of drug-likeness (QED) is 0.738. The largest absolute Gasteiger partial charge is 0.356 e. The second-order valence-corrected chi connectivity index (χ2v) is 6.21. The molecule has 1 saturated heterocycles. The molecule has 0 amide bonds. The first kappa shape index (κ1) is 14.9. The average Bonchev–Trinajstić information content (AvgIpc) is 3.28. The van der Waals surface area contributed by atoms with Crippen molar-refractivity contribution < 1.29 is 4.39 Å². The predicted molar refractivity (Wildman–Crippen MR) is 91.5 cm³/mol. The maximum absolute atomic E-state index is 14.0. The lowest BCUT2D eigenvalue weighted by molar-refractivity contribution is 0.589. The van der Waals surface area contributed by atoms with E-state index in [0.717, 1.165) is 43.0 Å². The van der Waals surface area contributed by atoms with Crippen LogP contribution >= 0.6 is 0 Å². The van der Waals surface area contributed by atoms with Gasteiger partial charge in [0.05, 0.1) is 6.33 Å². The second-order valence-electron chi connectivity index (χ2n) is 6.21. The number of hydrogen-bond acceptors (Lipinski definition) is 3. The third-order valence-electron chi connectivity index (χ3n) is 4.59. The van der Waals surface area contributed by atoms with Crippen molar-refractivity contribution in [2.75, 3.05) is 18.0 Å². The van der Waals surface area contributed by atoms with Gasteiger partial charge in [-0.1, -0.05) is 24.3 Å². The summed E-state index contributed by atoms with van der Waals surface area (Å²) in [6.07, 6.45) is 8.38. The van der Waals surface area contributed by atoms with E-state index in [9.17, 15) is 4.39 Å². The molecule has 2 aromatic heterocycles. The highest BCUT2D eigenvalue weighted by Crippen LogP contribution is 2.31. The fourth-order valence-corrected chi connectivity index (χ4v) is 3.32. The number of pyridine rings is 1. The Balaban J connectivity index is 1.44. The highest BCUT2D eigenvalue weighted by Gasteiger charge is 2.26. The fraction of sp³-hybridized carbons (Fsp3) is 0.263. The first-order valence-electron chi connectivity index (χ1n) is 8.19. The summed E-state index contributed by atoms with van der Waals surface area (Å²) in [5.41, 5.74) is 1.96. The van der Waals surface area contributed by atoms with Gasteiger partial charge in [0.1, 0.15) is 11.6 Å². The summed E-state index contributed by atoms with van der Waals surface area (Å²) in [4.78, 5) is 10.9. The predicted octanol–water partition coefficient (Wildman–Crippen LogP) is 3.46. The zero-order chi connectivity index (χ0) is 16.4. The summed E-state index contributed by atoms with van der Waals surface area (Å²) in [5.74, 6) is 1.09. The highest BCUT2D eigenvalue weighted by atomic mass is 19.1. The van der Waals surface area contributed by atoms with Crippen LogP contribution in [0.15, 0.2) is 61.3 Å². The van der Waals surface area contributed by atoms with E-state index >= 15 is 0 Å². The average molecular weight is 322 g/mol. The number of rotatable bonds is 4. The Morgan fingerprint density at radius 3 is 2.83 bits per heavy atom. The number of hydrogen-bond donors (Lipinski definition) is 0. The number of anilines is 1. The Kier molecular flexibility index (Phi) is 3.99. The third kappa shape index (κ3) is 3.02. The molecule has 1 atom stereocenters. The SMILES string of the molecule is Fc1ccccc1[C@H]1CCN(c2ccc(Cn3ccnc3)cn2)C1. The van der Waals surface area contributed by atoms with Gasteiger partial charge in [0.2, 0.25) is 0 Å². The third-order valence-corrected chi connectivity index (χ3v) is 4.59. The minimum Gasteiger partial charge on any atom is -0.356 e. The van der Waals surface area contributed by atoms with Gasteiger partial charge < -0.3 is 9.47 Å². The summed E-state index contributed by atoms with van der Waals surface area (Å²) < 4.78 is 16.0. The summed E-state index contributed by atoms with van der Waals surface area (Å²) in [6.45, 7) is 2.49. The summed E-state index contributed by atoms with van der Waals surface area (Å²) in [5, 5.41) is 0. The molecule has 4 rings (SSSR count). The zero-order valence-corrected chi connectivity index (χ0v) is 13.3. The first-order valence-corrected chi connectivity index (χ1v) is 8.19. The first-order chi connectivity index (χ1) is 11.8. The maximum atomic E-state index is 14.0. The molecule has 0 bridgehead atoms. The lowest BCUT2D eigenvalue weighted by atomic mass is 9.98. The minimum absolute atomic E-state index is 0.104. The van der Waals surface area contributed by atoms with Gasteiger partial charge in [-0.3, -0.25) is 0 Å². The van der Waals surface area contributed by atoms with Crippen LogP contribution in [0.25, 0.3) is 0 Å². The zero-order valence-electron chi connectivity index (χ0n) is 13.3. The normalized spacial score (nSPS) is 17.4. The molecule has 0 radical (unpaired) electrons. The van der Waals surface area contributed by atoms with Crippen LogP contribution in [0.3, 0.4) is 0 Å². The molecule has 3 aromatic rings. The van der Waals surface area contributed by atoms with E-state index in [-0.39, 0.29) is 11.7 Å². The van der Waals surface area contributed by atoms with Gasteiger partial charge in [0, 0.05) is 44.1 Å². The van der Waals surface area contributed by atoms with E-state index < -0.39 is 0 Å². The van der Waals surface area contributed by atoms with E-state index in [1.54, 1.807) is 24.7 Å². The molecule has 1 fully saturated rings. The van der Waals surface area contributed by atoms with E-state index in [2.05, 4.69) is 27.0 Å². The van der Waals surface area contributed by atoms with Crippen molar-refractivity contribution in [1.82, 2.24) is 14.5 Å². The van der Waals surface area contributed by atoms with E-state index in [1.165, 1.54) is 0 Å². The summed E-state index contributed by atoms with van der Waals surface area (Å²) in [6, 6.07) is 11.2. The lowest BCUT2D eigenvalue weighted by Gasteiger charge is -2.18. The summed E-state index contributed by atoms with van der Waals surface area (Å²) >= 11 is 0. The molecule has 5 heteroatoms. The van der Waals surface area contributed by atoms with Crippen molar-refractivity contribution >= 4 is 5.82 Å². The fourth-order valence-electron chi connectivity index (χ4n) is 3.32. The van der Waals surface area contributed by atoms with Crippen LogP contribution in [-0.2, 0) is 6.54 Å². The number of benzene rings is 1. The molecule has 0 unspecified atom stereocenters. The molecule has 0 aliphatic carbocycles. The van der Waals surface area contributed by atoms with Crippen LogP contribution in [0, 0.1) is 5.82 Å². The number of nitrogens with zero attached hydrogens (tertiary/aromatic N) is 4. The molecule has 3 heterocycles. The van der Waals surface area contributed by atoms with E-state index in [1.807, 2.05) is 29.1 Å². The van der Waals surface area contributed by atoms with Crippen molar-refractivity contribution in [2.45, 2.75) is 18.9 Å². The van der Waals surface area contributed by atoms with Crippen LogP contribution in [0.4, 0.5) is 10.2 Å². The molecule has 4 nitrogen and oxygen atoms in total. The molecule has 0 N–H and O–H groups in total. The van der Waals surface area contributed by atoms with Gasteiger partial charge >= 0.3 is 0 Å². The Labute approximate surface area is 140 Å². The standard InChI is InChI=1S/C19H19FN4/c20-18-4-2-1-3-17(18)16-7-9-24(13-16)19-6-5-15(11-22-19)12-23-10-8-21-14-23/h1-6,8,10-11,14,16H,7,9,12-13H2/t16-/m0/s1. The molecular weight excluding hydrogens is 303 g/mol. The van der Waals surface area contributed by atoms with Gasteiger partial charge in [-0.25, -0.2) is 14.4 Å². The van der Waals surface area contributed by atoms with E-state index in [0.29, 0.717) is 0 Å². The Morgan fingerprint density at radius 1 is 1.17 bits per heavy atom. The van der Waals surface area contributed by atoms with Crippen molar-refractivity contribution in [3.63, 3.8) is 0 Å². The molecule has 1 aromatic carbocycles. The van der Waals surface area contributed by atoms with Crippen molar-refractivity contribution in [3.8, 4) is 0 Å². The molecule has 1 aliphatic rings. The van der Waals surface area contributed by atoms with Crippen LogP contribution in [0.1, 0.15) is 23.5 Å². The van der Waals surface area contributed by atoms with Crippen LogP contribution in [-0.4, -0.2) is 27.6 Å². The van der Waals surface area contributed by atoms with Gasteiger partial charge in [-0.2, -0.15) is 0 Å². The topological polar surface area (TPSA) is 34.0 Å². The van der Waals surface area contributed by atoms with Crippen LogP contribution < -0.4 is 4.90 Å². The van der Waals surface area contributed by atoms with Gasteiger partial charge in [0.15, 0.2) is 0 Å². The smallest absolute Gasteiger partial charge is 0.128 e. The number of aromatic nitrogens is 3. The van der Waals surface area contributed by atoms with Crippen molar-refractivity contribution in [2.24, 2.45) is 0 Å². The molecule has 0 saturated carbocycles. The highest BCUT2D eigenvalue weighted by molar-refractivity contribution is 5.42. The van der Waals surface area contributed by atoms with Crippen LogP contribution in [0.2, 0.25) is 0 Å².